The van der Waals surface area contributed by atoms with Crippen LogP contribution in [-0.2, 0) is 9.59 Å². The van der Waals surface area contributed by atoms with Crippen molar-refractivity contribution < 1.29 is 19.1 Å². The number of halogens is 1. The molecule has 0 saturated carbocycles. The van der Waals surface area contributed by atoms with Crippen molar-refractivity contribution in [3.8, 4) is 11.5 Å². The van der Waals surface area contributed by atoms with Crippen molar-refractivity contribution >= 4 is 57.8 Å². The molecule has 1 aromatic carbocycles. The maximum Gasteiger partial charge on any atom is 0.263 e. The summed E-state index contributed by atoms with van der Waals surface area (Å²) in [4.78, 5) is 23.8. The molecule has 1 saturated heterocycles. The molecule has 1 aliphatic rings. The Hall–Kier alpha value is -1.68. The highest BCUT2D eigenvalue weighted by Crippen LogP contribution is 2.34. The number of benzene rings is 1. The zero-order valence-corrected chi connectivity index (χ0v) is 15.5. The smallest absolute Gasteiger partial charge is 0.263 e. The van der Waals surface area contributed by atoms with Crippen LogP contribution in [0.4, 0.5) is 0 Å². The molecule has 1 fully saturated rings. The second-order valence-electron chi connectivity index (χ2n) is 4.68. The first-order valence-corrected chi connectivity index (χ1v) is 8.33. The second kappa shape index (κ2) is 7.73. The molecule has 2 rings (SSSR count). The molecule has 6 nitrogen and oxygen atoms in total. The summed E-state index contributed by atoms with van der Waals surface area (Å²) < 4.78 is 11.9. The predicted octanol–water partition coefficient (Wildman–Crippen LogP) is 2.00. The first-order chi connectivity index (χ1) is 11.0. The second-order valence-corrected chi connectivity index (χ2v) is 6.25. The molecule has 2 amide bonds. The molecule has 0 radical (unpaired) electrons. The Balaban J connectivity index is 2.38. The van der Waals surface area contributed by atoms with Crippen LogP contribution in [0, 0.1) is 3.57 Å². The Kier molecular flexibility index (Phi) is 5.94. The fraction of sp³-hybridized carbons (Fsp3) is 0.267. The Bertz CT molecular complexity index is 681. The van der Waals surface area contributed by atoms with Gasteiger partial charge in [-0.2, -0.15) is 0 Å². The Morgan fingerprint density at radius 3 is 2.48 bits per heavy atom. The van der Waals surface area contributed by atoms with Crippen molar-refractivity contribution in [1.29, 1.82) is 0 Å². The van der Waals surface area contributed by atoms with Crippen LogP contribution in [0.5, 0.6) is 11.5 Å². The lowest BCUT2D eigenvalue weighted by molar-refractivity contribution is -0.123. The van der Waals surface area contributed by atoms with Gasteiger partial charge in [0.25, 0.3) is 11.8 Å². The average molecular weight is 446 g/mol. The SMILES string of the molecule is CCCOc1c(I)cc(C=C2C(=O)NC(=S)NC2=O)cc1OC. The van der Waals surface area contributed by atoms with E-state index in [-0.39, 0.29) is 10.7 Å². The van der Waals surface area contributed by atoms with E-state index in [9.17, 15) is 9.59 Å². The summed E-state index contributed by atoms with van der Waals surface area (Å²) in [5.41, 5.74) is 0.641. The van der Waals surface area contributed by atoms with Gasteiger partial charge in [-0.1, -0.05) is 6.92 Å². The molecule has 0 aliphatic carbocycles. The monoisotopic (exact) mass is 446 g/mol. The van der Waals surface area contributed by atoms with E-state index in [2.05, 4.69) is 33.2 Å². The minimum absolute atomic E-state index is 0.00706. The lowest BCUT2D eigenvalue weighted by atomic mass is 10.1. The summed E-state index contributed by atoms with van der Waals surface area (Å²) >= 11 is 6.89. The minimum atomic E-state index is -0.529. The van der Waals surface area contributed by atoms with Crippen molar-refractivity contribution in [2.75, 3.05) is 13.7 Å². The molecule has 1 aromatic rings. The maximum atomic E-state index is 11.9. The van der Waals surface area contributed by atoms with E-state index in [0.717, 1.165) is 9.99 Å². The van der Waals surface area contributed by atoms with Crippen molar-refractivity contribution in [1.82, 2.24) is 10.6 Å². The number of ether oxygens (including phenoxy) is 2. The van der Waals surface area contributed by atoms with Gasteiger partial charge in [0, 0.05) is 0 Å². The fourth-order valence-electron chi connectivity index (χ4n) is 1.94. The highest BCUT2D eigenvalue weighted by atomic mass is 127. The first kappa shape index (κ1) is 17.7. The Morgan fingerprint density at radius 2 is 1.91 bits per heavy atom. The lowest BCUT2D eigenvalue weighted by Gasteiger charge is -2.17. The lowest BCUT2D eigenvalue weighted by Crippen LogP contribution is -2.51. The standard InChI is InChI=1S/C15H15IN2O4S/c1-3-4-22-12-10(16)6-8(7-11(12)21-2)5-9-13(19)17-15(23)18-14(9)20/h5-7H,3-4H2,1-2H3,(H2,17,18,19,20,23). The molecule has 1 heterocycles. The van der Waals surface area contributed by atoms with Gasteiger partial charge in [0.15, 0.2) is 16.6 Å². The molecule has 1 aliphatic heterocycles. The van der Waals surface area contributed by atoms with Crippen LogP contribution in [0.2, 0.25) is 0 Å². The summed E-state index contributed by atoms with van der Waals surface area (Å²) in [7, 11) is 1.54. The van der Waals surface area contributed by atoms with Gasteiger partial charge >= 0.3 is 0 Å². The van der Waals surface area contributed by atoms with E-state index in [1.807, 2.05) is 13.0 Å². The normalized spacial score (nSPS) is 14.2. The quantitative estimate of drug-likeness (QED) is 0.313. The first-order valence-electron chi connectivity index (χ1n) is 6.85. The van der Waals surface area contributed by atoms with Crippen molar-refractivity contribution in [3.63, 3.8) is 0 Å². The number of hydrogen-bond acceptors (Lipinski definition) is 5. The van der Waals surface area contributed by atoms with Crippen molar-refractivity contribution in [2.24, 2.45) is 0 Å². The van der Waals surface area contributed by atoms with Crippen LogP contribution in [0.15, 0.2) is 17.7 Å². The molecular formula is C15H15IN2O4S. The number of nitrogens with one attached hydrogen (secondary N) is 2. The van der Waals surface area contributed by atoms with E-state index >= 15 is 0 Å². The fourth-order valence-corrected chi connectivity index (χ4v) is 2.91. The zero-order valence-electron chi connectivity index (χ0n) is 12.6. The van der Waals surface area contributed by atoms with Gasteiger partial charge in [0.05, 0.1) is 17.3 Å². The molecule has 122 valence electrons. The average Bonchev–Trinajstić information content (AvgIpc) is 2.49. The van der Waals surface area contributed by atoms with E-state index in [4.69, 9.17) is 21.7 Å². The third-order valence-electron chi connectivity index (χ3n) is 2.96. The molecule has 8 heteroatoms. The highest BCUT2D eigenvalue weighted by molar-refractivity contribution is 14.1. The zero-order chi connectivity index (χ0) is 17.0. The van der Waals surface area contributed by atoms with Crippen LogP contribution >= 0.6 is 34.8 Å². The van der Waals surface area contributed by atoms with Gasteiger partial charge in [-0.05, 0) is 65.0 Å². The van der Waals surface area contributed by atoms with Crippen LogP contribution in [0.1, 0.15) is 18.9 Å². The van der Waals surface area contributed by atoms with Crippen LogP contribution in [-0.4, -0.2) is 30.6 Å². The van der Waals surface area contributed by atoms with Crippen LogP contribution in [0.3, 0.4) is 0 Å². The Morgan fingerprint density at radius 1 is 1.26 bits per heavy atom. The van der Waals surface area contributed by atoms with Crippen LogP contribution < -0.4 is 20.1 Å². The van der Waals surface area contributed by atoms with Gasteiger partial charge in [0.1, 0.15) is 5.57 Å². The molecule has 0 bridgehead atoms. The number of methoxy groups -OCH3 is 1. The molecule has 0 spiro atoms. The largest absolute Gasteiger partial charge is 0.493 e. The summed E-state index contributed by atoms with van der Waals surface area (Å²) in [5.74, 6) is 0.137. The molecule has 2 N–H and O–H groups in total. The third kappa shape index (κ3) is 4.20. The van der Waals surface area contributed by atoms with Gasteiger partial charge in [-0.3, -0.25) is 20.2 Å². The van der Waals surface area contributed by atoms with Gasteiger partial charge in [0.2, 0.25) is 0 Å². The number of carbonyl (C=O) groups excluding carboxylic acids is 2. The summed E-state index contributed by atoms with van der Waals surface area (Å²) in [6.45, 7) is 2.60. The van der Waals surface area contributed by atoms with E-state index in [1.165, 1.54) is 6.08 Å². The van der Waals surface area contributed by atoms with Crippen LogP contribution in [0.25, 0.3) is 6.08 Å². The van der Waals surface area contributed by atoms with Crippen molar-refractivity contribution in [2.45, 2.75) is 13.3 Å². The molecule has 0 atom stereocenters. The number of amides is 2. The molecule has 0 aromatic heterocycles. The van der Waals surface area contributed by atoms with Crippen molar-refractivity contribution in [3.05, 3.63) is 26.8 Å². The summed E-state index contributed by atoms with van der Waals surface area (Å²) in [6.07, 6.45) is 2.37. The Labute approximate surface area is 152 Å². The topological polar surface area (TPSA) is 76.7 Å². The number of carbonyl (C=O) groups is 2. The summed E-state index contributed by atoms with van der Waals surface area (Å²) in [6, 6.07) is 3.53. The number of hydrogen-bond donors (Lipinski definition) is 2. The summed E-state index contributed by atoms with van der Waals surface area (Å²) in [5, 5.41) is 4.80. The third-order valence-corrected chi connectivity index (χ3v) is 3.96. The minimum Gasteiger partial charge on any atom is -0.493 e. The molecular weight excluding hydrogens is 431 g/mol. The highest BCUT2D eigenvalue weighted by Gasteiger charge is 2.26. The van der Waals surface area contributed by atoms with Gasteiger partial charge in [-0.15, -0.1) is 0 Å². The number of rotatable bonds is 5. The van der Waals surface area contributed by atoms with E-state index in [1.54, 1.807) is 13.2 Å². The van der Waals surface area contributed by atoms with E-state index in [0.29, 0.717) is 23.7 Å². The maximum absolute atomic E-state index is 11.9. The van der Waals surface area contributed by atoms with Gasteiger partial charge < -0.3 is 9.47 Å². The van der Waals surface area contributed by atoms with E-state index < -0.39 is 11.8 Å². The number of thiocarbonyl (C=S) groups is 1. The van der Waals surface area contributed by atoms with Gasteiger partial charge in [-0.25, -0.2) is 0 Å². The predicted molar refractivity (Wildman–Crippen MR) is 98.4 cm³/mol. The molecule has 0 unspecified atom stereocenters. The molecule has 23 heavy (non-hydrogen) atoms.